The van der Waals surface area contributed by atoms with Gasteiger partial charge in [-0.05, 0) is 55.2 Å². The molecule has 0 aliphatic carbocycles. The van der Waals surface area contributed by atoms with Crippen molar-refractivity contribution < 1.29 is 14.3 Å². The summed E-state index contributed by atoms with van der Waals surface area (Å²) in [5, 5.41) is 9.52. The van der Waals surface area contributed by atoms with Gasteiger partial charge in [-0.2, -0.15) is 0 Å². The lowest BCUT2D eigenvalue weighted by Gasteiger charge is -2.37. The molecule has 0 fully saturated rings. The fourth-order valence-corrected chi connectivity index (χ4v) is 4.09. The zero-order valence-electron chi connectivity index (χ0n) is 20.1. The number of nitrogens with zero attached hydrogens (tertiary/aromatic N) is 1. The van der Waals surface area contributed by atoms with Crippen LogP contribution in [0.1, 0.15) is 44.9 Å². The van der Waals surface area contributed by atoms with Crippen molar-refractivity contribution in [3.63, 3.8) is 0 Å². The van der Waals surface area contributed by atoms with Crippen LogP contribution in [0.4, 0.5) is 10.5 Å². The molecule has 180 valence electrons. The van der Waals surface area contributed by atoms with Crippen LogP contribution in [0.5, 0.6) is 0 Å². The summed E-state index contributed by atoms with van der Waals surface area (Å²) in [6.45, 7) is 9.31. The first-order valence-electron chi connectivity index (χ1n) is 11.4. The second kappa shape index (κ2) is 11.7. The summed E-state index contributed by atoms with van der Waals surface area (Å²) in [5.41, 5.74) is 3.84. The number of nitrogens with one attached hydrogen (secondary N) is 3. The normalized spacial score (nSPS) is 15.7. The third kappa shape index (κ3) is 6.35. The van der Waals surface area contributed by atoms with Gasteiger partial charge in [0.2, 0.25) is 0 Å². The standard InChI is InChI=1S/C26H32N4O3S/c1-5-30-18(4)22(24(31)33-16-17(2)3)23(29-26(30)34)20-11-13-21(14-12-20)28-25(32)27-15-19-9-7-6-8-10-19/h6-14,17,23H,5,15-16H2,1-4H3,(H,29,34)(H2,27,28,32)/t23-/m0/s1. The van der Waals surface area contributed by atoms with Crippen molar-refractivity contribution in [2.45, 2.75) is 40.3 Å². The second-order valence-corrected chi connectivity index (χ2v) is 8.92. The molecular formula is C26H32N4O3S. The first kappa shape index (κ1) is 25.2. The molecule has 3 rings (SSSR count). The van der Waals surface area contributed by atoms with Gasteiger partial charge in [-0.1, -0.05) is 56.3 Å². The van der Waals surface area contributed by atoms with E-state index in [-0.39, 0.29) is 17.9 Å². The van der Waals surface area contributed by atoms with Crippen LogP contribution >= 0.6 is 12.2 Å². The Hall–Kier alpha value is -3.39. The number of hydrogen-bond donors (Lipinski definition) is 3. The maximum atomic E-state index is 13.0. The average Bonchev–Trinajstić information content (AvgIpc) is 2.82. The minimum Gasteiger partial charge on any atom is -0.462 e. The van der Waals surface area contributed by atoms with Gasteiger partial charge in [-0.25, -0.2) is 9.59 Å². The van der Waals surface area contributed by atoms with E-state index in [1.165, 1.54) is 0 Å². The van der Waals surface area contributed by atoms with Crippen molar-refractivity contribution in [2.24, 2.45) is 5.92 Å². The Bertz CT molecular complexity index is 1050. The molecule has 2 aromatic rings. The number of benzene rings is 2. The highest BCUT2D eigenvalue weighted by Gasteiger charge is 2.34. The molecule has 0 unspecified atom stereocenters. The van der Waals surface area contributed by atoms with Gasteiger partial charge in [0.05, 0.1) is 18.2 Å². The fourth-order valence-electron chi connectivity index (χ4n) is 3.71. The highest BCUT2D eigenvalue weighted by atomic mass is 32.1. The zero-order chi connectivity index (χ0) is 24.7. The molecule has 1 heterocycles. The fraction of sp³-hybridized carbons (Fsp3) is 0.346. The number of rotatable bonds is 8. The number of carbonyl (C=O) groups is 2. The summed E-state index contributed by atoms with van der Waals surface area (Å²) < 4.78 is 5.56. The topological polar surface area (TPSA) is 82.7 Å². The van der Waals surface area contributed by atoms with Crippen LogP contribution in [-0.4, -0.2) is 35.2 Å². The summed E-state index contributed by atoms with van der Waals surface area (Å²) in [7, 11) is 0. The van der Waals surface area contributed by atoms with Gasteiger partial charge in [-0.15, -0.1) is 0 Å². The first-order chi connectivity index (χ1) is 16.3. The summed E-state index contributed by atoms with van der Waals surface area (Å²) >= 11 is 5.54. The molecule has 7 nitrogen and oxygen atoms in total. The molecule has 0 spiro atoms. The molecule has 0 radical (unpaired) electrons. The number of allylic oxidation sites excluding steroid dienone is 1. The van der Waals surface area contributed by atoms with E-state index in [4.69, 9.17) is 17.0 Å². The number of thiocarbonyl (C=S) groups is 1. The third-order valence-corrected chi connectivity index (χ3v) is 5.82. The molecule has 0 bridgehead atoms. The van der Waals surface area contributed by atoms with Gasteiger partial charge < -0.3 is 25.6 Å². The van der Waals surface area contributed by atoms with Crippen LogP contribution in [0.15, 0.2) is 65.9 Å². The molecule has 3 N–H and O–H groups in total. The molecule has 8 heteroatoms. The van der Waals surface area contributed by atoms with Gasteiger partial charge in [0, 0.05) is 24.5 Å². The average molecular weight is 481 g/mol. The van der Waals surface area contributed by atoms with Crippen LogP contribution in [0.3, 0.4) is 0 Å². The van der Waals surface area contributed by atoms with E-state index in [1.807, 2.05) is 75.1 Å². The van der Waals surface area contributed by atoms with Gasteiger partial charge in [0.25, 0.3) is 0 Å². The van der Waals surface area contributed by atoms with E-state index in [0.717, 1.165) is 16.8 Å². The largest absolute Gasteiger partial charge is 0.462 e. The second-order valence-electron chi connectivity index (χ2n) is 8.53. The lowest BCUT2D eigenvalue weighted by atomic mass is 9.95. The molecule has 1 aliphatic rings. The molecule has 2 aromatic carbocycles. The van der Waals surface area contributed by atoms with Crippen molar-refractivity contribution in [3.05, 3.63) is 77.0 Å². The smallest absolute Gasteiger partial charge is 0.338 e. The minimum absolute atomic E-state index is 0.238. The zero-order valence-corrected chi connectivity index (χ0v) is 20.9. The van der Waals surface area contributed by atoms with E-state index in [9.17, 15) is 9.59 Å². The number of ether oxygens (including phenoxy) is 1. The van der Waals surface area contributed by atoms with Crippen LogP contribution < -0.4 is 16.0 Å². The van der Waals surface area contributed by atoms with E-state index < -0.39 is 6.04 Å². The van der Waals surface area contributed by atoms with Crippen LogP contribution in [-0.2, 0) is 16.1 Å². The molecule has 2 amide bonds. The van der Waals surface area contributed by atoms with Crippen molar-refractivity contribution in [1.29, 1.82) is 0 Å². The predicted octanol–water partition coefficient (Wildman–Crippen LogP) is 4.73. The van der Waals surface area contributed by atoms with Gasteiger partial charge in [0.1, 0.15) is 0 Å². The predicted molar refractivity (Wildman–Crippen MR) is 138 cm³/mol. The van der Waals surface area contributed by atoms with Crippen LogP contribution in [0, 0.1) is 5.92 Å². The molecule has 0 saturated heterocycles. The van der Waals surface area contributed by atoms with Gasteiger partial charge >= 0.3 is 12.0 Å². The number of carbonyl (C=O) groups excluding carboxylic acids is 2. The van der Waals surface area contributed by atoms with E-state index >= 15 is 0 Å². The summed E-state index contributed by atoms with van der Waals surface area (Å²) in [4.78, 5) is 27.2. The van der Waals surface area contributed by atoms with Gasteiger partial charge in [0.15, 0.2) is 5.11 Å². The maximum Gasteiger partial charge on any atom is 0.338 e. The Morgan fingerprint density at radius 2 is 1.79 bits per heavy atom. The minimum atomic E-state index is -0.434. The molecule has 1 atom stereocenters. The molecular weight excluding hydrogens is 448 g/mol. The Balaban J connectivity index is 1.73. The number of amides is 2. The van der Waals surface area contributed by atoms with Crippen molar-refractivity contribution >= 4 is 35.0 Å². The Kier molecular flexibility index (Phi) is 8.65. The highest BCUT2D eigenvalue weighted by Crippen LogP contribution is 2.32. The van der Waals surface area contributed by atoms with Crippen LogP contribution in [0.2, 0.25) is 0 Å². The molecule has 0 aromatic heterocycles. The summed E-state index contributed by atoms with van der Waals surface area (Å²) in [6.07, 6.45) is 0. The van der Waals surface area contributed by atoms with E-state index in [0.29, 0.717) is 36.1 Å². The molecule has 34 heavy (non-hydrogen) atoms. The molecule has 0 saturated carbocycles. The van der Waals surface area contributed by atoms with Crippen molar-refractivity contribution in [1.82, 2.24) is 15.5 Å². The number of esters is 1. The third-order valence-electron chi connectivity index (χ3n) is 5.48. The lowest BCUT2D eigenvalue weighted by Crippen LogP contribution is -2.47. The van der Waals surface area contributed by atoms with Crippen LogP contribution in [0.25, 0.3) is 0 Å². The number of urea groups is 1. The Labute approximate surface area is 206 Å². The number of hydrogen-bond acceptors (Lipinski definition) is 4. The van der Waals surface area contributed by atoms with E-state index in [1.54, 1.807) is 12.1 Å². The quantitative estimate of drug-likeness (QED) is 0.374. The lowest BCUT2D eigenvalue weighted by molar-refractivity contribution is -0.140. The Morgan fingerprint density at radius 3 is 2.41 bits per heavy atom. The van der Waals surface area contributed by atoms with Crippen molar-refractivity contribution in [3.8, 4) is 0 Å². The SMILES string of the molecule is CCN1C(=S)N[C@@H](c2ccc(NC(=O)NCc3ccccc3)cc2)C(C(=O)OCC(C)C)=C1C. The Morgan fingerprint density at radius 1 is 1.12 bits per heavy atom. The first-order valence-corrected chi connectivity index (χ1v) is 11.9. The maximum absolute atomic E-state index is 13.0. The summed E-state index contributed by atoms with van der Waals surface area (Å²) in [6, 6.07) is 16.3. The monoisotopic (exact) mass is 480 g/mol. The van der Waals surface area contributed by atoms with Gasteiger partial charge in [-0.3, -0.25) is 0 Å². The van der Waals surface area contributed by atoms with Crippen molar-refractivity contribution in [2.75, 3.05) is 18.5 Å². The molecule has 1 aliphatic heterocycles. The number of anilines is 1. The summed E-state index contributed by atoms with van der Waals surface area (Å²) in [5.74, 6) is -0.117. The van der Waals surface area contributed by atoms with E-state index in [2.05, 4.69) is 16.0 Å². The highest BCUT2D eigenvalue weighted by molar-refractivity contribution is 7.80.